The number of likely N-dealkylation sites (tertiary alicyclic amines) is 2. The Morgan fingerprint density at radius 1 is 0.646 bits per heavy atom. The lowest BCUT2D eigenvalue weighted by Crippen LogP contribution is -2.49. The van der Waals surface area contributed by atoms with Crippen LogP contribution in [0.3, 0.4) is 0 Å². The third-order valence-electron chi connectivity index (χ3n) is 18.5. The number of aromatic nitrogens is 4. The molecule has 5 aromatic rings. The number of nitrogens with one attached hydrogen (secondary N) is 1. The number of fused-ring (bicyclic) bond motifs is 2. The fourth-order valence-electron chi connectivity index (χ4n) is 13.6. The Kier molecular flexibility index (Phi) is 15.9. The average Bonchev–Trinajstić information content (AvgIpc) is 4.42. The van der Waals surface area contributed by atoms with Gasteiger partial charge < -0.3 is 29.1 Å². The highest BCUT2D eigenvalue weighted by atomic mass is 19.4. The zero-order valence-electron chi connectivity index (χ0n) is 45.3. The van der Waals surface area contributed by atoms with E-state index in [1.54, 1.807) is 9.80 Å². The number of ether oxygens (including phenoxy) is 2. The molecule has 420 valence electrons. The van der Waals surface area contributed by atoms with E-state index in [0.717, 1.165) is 120 Å². The normalized spacial score (nSPS) is 24.3. The number of hydrogen-bond donors (Lipinski definition) is 1. The molecule has 11 rings (SSSR count). The molecule has 19 heteroatoms. The fourth-order valence-corrected chi connectivity index (χ4v) is 13.6. The van der Waals surface area contributed by atoms with E-state index in [1.165, 1.54) is 23.3 Å². The third kappa shape index (κ3) is 11.6. The van der Waals surface area contributed by atoms with Gasteiger partial charge in [0.2, 0.25) is 17.6 Å². The number of rotatable bonds is 9. The number of amides is 2. The molecule has 4 aromatic carbocycles. The Bertz CT molecular complexity index is 3020. The molecule has 5 heterocycles. The summed E-state index contributed by atoms with van der Waals surface area (Å²) >= 11 is 0. The molecule has 4 atom stereocenters. The number of carbonyl (C=O) groups excluding carboxylic acids is 2. The molecule has 13 nitrogen and oxygen atoms in total. The zero-order chi connectivity index (χ0) is 55.9. The fraction of sp³-hybridized carbons (Fsp3) is 0.533. The summed E-state index contributed by atoms with van der Waals surface area (Å²) in [6.45, 7) is 19.8. The van der Waals surface area contributed by atoms with Gasteiger partial charge in [0.1, 0.15) is 11.5 Å². The van der Waals surface area contributed by atoms with Crippen LogP contribution >= 0.6 is 0 Å². The topological polar surface area (TPSA) is 124 Å². The van der Waals surface area contributed by atoms with Crippen molar-refractivity contribution >= 4 is 17.5 Å². The van der Waals surface area contributed by atoms with E-state index in [0.29, 0.717) is 58.1 Å². The molecule has 4 fully saturated rings. The molecule has 0 radical (unpaired) electrons. The van der Waals surface area contributed by atoms with Gasteiger partial charge in [-0.15, -0.1) is 10.2 Å². The molecule has 0 spiro atoms. The Balaban J connectivity index is 0.000000179. The smallest absolute Gasteiger partial charge is 0.416 e. The second kappa shape index (κ2) is 22.6. The van der Waals surface area contributed by atoms with E-state index in [4.69, 9.17) is 16.0 Å². The van der Waals surface area contributed by atoms with E-state index in [2.05, 4.69) is 81.2 Å². The first-order valence-electron chi connectivity index (χ1n) is 27.8. The van der Waals surface area contributed by atoms with Gasteiger partial charge in [-0.3, -0.25) is 9.59 Å². The van der Waals surface area contributed by atoms with Crippen LogP contribution in [0.15, 0.2) is 84.9 Å². The third-order valence-corrected chi connectivity index (χ3v) is 18.5. The van der Waals surface area contributed by atoms with Crippen LogP contribution in [0.1, 0.15) is 137 Å². The van der Waals surface area contributed by atoms with E-state index < -0.39 is 34.3 Å². The van der Waals surface area contributed by atoms with Crippen LogP contribution in [0.5, 0.6) is 11.5 Å². The molecule has 0 unspecified atom stereocenters. The zero-order valence-corrected chi connectivity index (χ0v) is 45.3. The SMILES string of the molecule is CC(C)[C@]1(C(=O)N2COc3ccc(C(F)(F)F)cc3C2)CC[C@@H](N2CCC(c3cccc(-c4nn[nH]n4)c3)CC2)C1.[C-]#[N+]c1cccc(C2CCN([C@@H]3CC[C@@](C(=O)N4COc5ccc(C(F)(F)F)cc5C4)(C(C)C)C3)CC2)c1. The number of piperidine rings is 2. The van der Waals surface area contributed by atoms with Gasteiger partial charge in [0.25, 0.3) is 0 Å². The lowest BCUT2D eigenvalue weighted by atomic mass is 9.74. The minimum absolute atomic E-state index is 0.00812. The molecule has 1 N–H and O–H groups in total. The Morgan fingerprint density at radius 2 is 1.11 bits per heavy atom. The number of alkyl halides is 6. The number of aromatic amines is 1. The summed E-state index contributed by atoms with van der Waals surface area (Å²) in [7, 11) is 0. The molecule has 1 aromatic heterocycles. The summed E-state index contributed by atoms with van der Waals surface area (Å²) in [5.74, 6) is 2.50. The number of hydrogen-bond acceptors (Lipinski definition) is 9. The van der Waals surface area contributed by atoms with E-state index in [-0.39, 0.29) is 50.2 Å². The maximum Gasteiger partial charge on any atom is 0.416 e. The minimum atomic E-state index is -4.44. The largest absolute Gasteiger partial charge is 0.473 e. The average molecular weight is 1090 g/mol. The summed E-state index contributed by atoms with van der Waals surface area (Å²) in [6, 6.07) is 23.9. The quantitative estimate of drug-likeness (QED) is 0.113. The monoisotopic (exact) mass is 1090 g/mol. The second-order valence-electron chi connectivity index (χ2n) is 23.3. The summed E-state index contributed by atoms with van der Waals surface area (Å²) in [6.07, 6.45) is 0.172. The van der Waals surface area contributed by atoms with Crippen LogP contribution in [0.2, 0.25) is 0 Å². The van der Waals surface area contributed by atoms with Crippen molar-refractivity contribution in [1.29, 1.82) is 0 Å². The second-order valence-corrected chi connectivity index (χ2v) is 23.3. The van der Waals surface area contributed by atoms with Crippen molar-refractivity contribution in [1.82, 2.24) is 40.2 Å². The molecule has 0 bridgehead atoms. The highest BCUT2D eigenvalue weighted by Gasteiger charge is 2.53. The highest BCUT2D eigenvalue weighted by molar-refractivity contribution is 5.84. The number of carbonyl (C=O) groups is 2. The molecule has 6 aliphatic rings. The molecule has 79 heavy (non-hydrogen) atoms. The Hall–Kier alpha value is -6.52. The van der Waals surface area contributed by atoms with Crippen LogP contribution in [-0.4, -0.2) is 104 Å². The summed E-state index contributed by atoms with van der Waals surface area (Å²) in [4.78, 5) is 39.8. The van der Waals surface area contributed by atoms with E-state index in [9.17, 15) is 35.9 Å². The summed E-state index contributed by atoms with van der Waals surface area (Å²) < 4.78 is 91.2. The van der Waals surface area contributed by atoms with Crippen molar-refractivity contribution in [2.24, 2.45) is 22.7 Å². The highest BCUT2D eigenvalue weighted by Crippen LogP contribution is 2.51. The van der Waals surface area contributed by atoms with Gasteiger partial charge in [0.05, 0.1) is 41.6 Å². The molecule has 4 aliphatic heterocycles. The first-order chi connectivity index (χ1) is 37.7. The van der Waals surface area contributed by atoms with Gasteiger partial charge in [0, 0.05) is 28.8 Å². The molecular formula is C60H69F6N9O4. The minimum Gasteiger partial charge on any atom is -0.473 e. The Morgan fingerprint density at radius 3 is 1.54 bits per heavy atom. The summed E-state index contributed by atoms with van der Waals surface area (Å²) in [5.41, 5.74) is 2.40. The lowest BCUT2D eigenvalue weighted by molar-refractivity contribution is -0.151. The van der Waals surface area contributed by atoms with Crippen molar-refractivity contribution in [3.63, 3.8) is 0 Å². The molecule has 2 aliphatic carbocycles. The van der Waals surface area contributed by atoms with Gasteiger partial charge in [-0.1, -0.05) is 75.7 Å². The number of H-pyrrole nitrogens is 1. The number of nitrogens with zero attached hydrogens (tertiary/aromatic N) is 8. The van der Waals surface area contributed by atoms with Crippen LogP contribution in [0.4, 0.5) is 32.0 Å². The van der Waals surface area contributed by atoms with Crippen molar-refractivity contribution in [3.05, 3.63) is 130 Å². The van der Waals surface area contributed by atoms with Crippen LogP contribution < -0.4 is 9.47 Å². The number of halogens is 6. The van der Waals surface area contributed by atoms with Gasteiger partial charge in [-0.2, -0.15) is 31.6 Å². The van der Waals surface area contributed by atoms with Crippen LogP contribution in [0, 0.1) is 29.2 Å². The maximum absolute atomic E-state index is 14.0. The predicted molar refractivity (Wildman–Crippen MR) is 284 cm³/mol. The van der Waals surface area contributed by atoms with Crippen molar-refractivity contribution in [3.8, 4) is 22.9 Å². The number of tetrazole rings is 1. The lowest BCUT2D eigenvalue weighted by Gasteiger charge is -2.41. The van der Waals surface area contributed by atoms with Gasteiger partial charge in [-0.05, 0) is 167 Å². The van der Waals surface area contributed by atoms with Gasteiger partial charge in [-0.25, -0.2) is 4.85 Å². The van der Waals surface area contributed by atoms with Crippen LogP contribution in [-0.2, 0) is 35.0 Å². The van der Waals surface area contributed by atoms with Crippen molar-refractivity contribution < 1.29 is 45.4 Å². The van der Waals surface area contributed by atoms with Crippen LogP contribution in [0.25, 0.3) is 16.2 Å². The maximum atomic E-state index is 14.0. The first-order valence-corrected chi connectivity index (χ1v) is 27.8. The van der Waals surface area contributed by atoms with E-state index >= 15 is 0 Å². The van der Waals surface area contributed by atoms with E-state index in [1.807, 2.05) is 30.3 Å². The Labute approximate surface area is 457 Å². The standard InChI is InChI=1S/C30H35F3N6O2.C30H34F3N3O2/c1-19(2)29(28(40)39-17-23-15-24(30(31,32)33)6-7-26(23)41-18-39)11-8-25(16-29)38-12-9-20(10-13-38)21-4-3-5-22(14-21)27-34-36-37-35-27;1-20(2)29(28(37)36-18-23-15-24(30(31,32)33)7-8-27(23)38-19-36)12-9-26(17-29)35-13-10-21(11-14-35)22-5-4-6-25(16-22)34-3/h3-7,14-15,19-20,25H,8-13,16-18H2,1-2H3,(H,34,35,36,37);4-8,15-16,20-21,26H,9-14,17-19H2,1-2H3/t25-,29+;26-,29+/m11/s1. The van der Waals surface area contributed by atoms with Gasteiger partial charge in [0.15, 0.2) is 19.1 Å². The van der Waals surface area contributed by atoms with Gasteiger partial charge >= 0.3 is 12.4 Å². The predicted octanol–water partition coefficient (Wildman–Crippen LogP) is 12.6. The molecular weight excluding hydrogens is 1020 g/mol. The molecule has 2 amide bonds. The molecule has 2 saturated heterocycles. The van der Waals surface area contributed by atoms with Crippen molar-refractivity contribution in [2.75, 3.05) is 39.6 Å². The first kappa shape index (κ1) is 55.8. The molecule has 2 saturated carbocycles. The number of benzene rings is 4. The van der Waals surface area contributed by atoms with Crippen molar-refractivity contribution in [2.45, 2.75) is 141 Å². The summed E-state index contributed by atoms with van der Waals surface area (Å²) in [5, 5.41) is 14.4.